The fourth-order valence-corrected chi connectivity index (χ4v) is 3.59. The number of carbonyl (C=O) groups is 1. The monoisotopic (exact) mass is 267 g/mol. The van der Waals surface area contributed by atoms with Crippen molar-refractivity contribution in [1.29, 1.82) is 0 Å². The van der Waals surface area contributed by atoms with Crippen molar-refractivity contribution in [2.75, 3.05) is 13.6 Å². The maximum atomic E-state index is 11.9. The van der Waals surface area contributed by atoms with Gasteiger partial charge in [-0.3, -0.25) is 9.69 Å². The zero-order valence-electron chi connectivity index (χ0n) is 12.8. The number of fused-ring (bicyclic) bond motifs is 2. The highest BCUT2D eigenvalue weighted by Crippen LogP contribution is 2.35. The molecule has 2 N–H and O–H groups in total. The van der Waals surface area contributed by atoms with E-state index in [-0.39, 0.29) is 11.4 Å². The zero-order chi connectivity index (χ0) is 14.0. The first kappa shape index (κ1) is 14.8. The van der Waals surface area contributed by atoms with Crippen LogP contribution < -0.4 is 10.6 Å². The first-order chi connectivity index (χ1) is 8.89. The molecule has 2 saturated heterocycles. The second-order valence-electron chi connectivity index (χ2n) is 7.13. The summed E-state index contributed by atoms with van der Waals surface area (Å²) in [6, 6.07) is 2.06. The highest BCUT2D eigenvalue weighted by atomic mass is 16.1. The van der Waals surface area contributed by atoms with Gasteiger partial charge in [-0.25, -0.2) is 0 Å². The van der Waals surface area contributed by atoms with Crippen LogP contribution in [-0.2, 0) is 4.79 Å². The van der Waals surface area contributed by atoms with Crippen molar-refractivity contribution in [2.45, 2.75) is 76.5 Å². The van der Waals surface area contributed by atoms with E-state index >= 15 is 0 Å². The number of rotatable bonds is 4. The van der Waals surface area contributed by atoms with Gasteiger partial charge in [0.05, 0.1) is 0 Å². The number of hydrogen-bond acceptors (Lipinski definition) is 3. The molecule has 0 aromatic heterocycles. The van der Waals surface area contributed by atoms with Gasteiger partial charge in [-0.2, -0.15) is 0 Å². The van der Waals surface area contributed by atoms with Gasteiger partial charge in [0.25, 0.3) is 0 Å². The molecular weight excluding hydrogens is 238 g/mol. The van der Waals surface area contributed by atoms with Crippen LogP contribution in [0, 0.1) is 0 Å². The molecule has 0 radical (unpaired) electrons. The van der Waals surface area contributed by atoms with Crippen molar-refractivity contribution in [2.24, 2.45) is 0 Å². The number of hydrogen-bond donors (Lipinski definition) is 2. The quantitative estimate of drug-likeness (QED) is 0.811. The van der Waals surface area contributed by atoms with Crippen molar-refractivity contribution in [3.63, 3.8) is 0 Å². The van der Waals surface area contributed by atoms with Gasteiger partial charge in [-0.1, -0.05) is 0 Å². The molecule has 2 aliphatic rings. The second kappa shape index (κ2) is 5.80. The average molecular weight is 267 g/mol. The normalized spacial score (nSPS) is 31.5. The molecule has 2 unspecified atom stereocenters. The largest absolute Gasteiger partial charge is 0.351 e. The van der Waals surface area contributed by atoms with Crippen LogP contribution in [0.5, 0.6) is 0 Å². The lowest BCUT2D eigenvalue weighted by Gasteiger charge is -2.39. The molecule has 0 spiro atoms. The lowest BCUT2D eigenvalue weighted by molar-refractivity contribution is -0.123. The van der Waals surface area contributed by atoms with E-state index in [9.17, 15) is 4.79 Å². The predicted octanol–water partition coefficient (Wildman–Crippen LogP) is 1.51. The molecule has 4 heteroatoms. The summed E-state index contributed by atoms with van der Waals surface area (Å²) in [6.45, 7) is 7.03. The van der Waals surface area contributed by atoms with Crippen LogP contribution in [0.1, 0.15) is 52.9 Å². The van der Waals surface area contributed by atoms with Crippen LogP contribution in [0.25, 0.3) is 0 Å². The van der Waals surface area contributed by atoms with Crippen molar-refractivity contribution in [1.82, 2.24) is 15.5 Å². The fourth-order valence-electron chi connectivity index (χ4n) is 3.59. The number of amides is 1. The Morgan fingerprint density at radius 1 is 1.21 bits per heavy atom. The Morgan fingerprint density at radius 3 is 2.26 bits per heavy atom. The molecule has 2 atom stereocenters. The van der Waals surface area contributed by atoms with Crippen molar-refractivity contribution in [3.8, 4) is 0 Å². The molecule has 2 aliphatic heterocycles. The van der Waals surface area contributed by atoms with Crippen LogP contribution in [0.15, 0.2) is 0 Å². The zero-order valence-corrected chi connectivity index (χ0v) is 12.8. The van der Waals surface area contributed by atoms with Crippen LogP contribution >= 0.6 is 0 Å². The lowest BCUT2D eigenvalue weighted by atomic mass is 9.97. The molecule has 0 saturated carbocycles. The maximum absolute atomic E-state index is 11.9. The summed E-state index contributed by atoms with van der Waals surface area (Å²) in [5, 5.41) is 6.47. The van der Waals surface area contributed by atoms with Crippen LogP contribution in [0.3, 0.4) is 0 Å². The van der Waals surface area contributed by atoms with Crippen LogP contribution in [0.4, 0.5) is 0 Å². The minimum Gasteiger partial charge on any atom is -0.351 e. The standard InChI is InChI=1S/C15H29N3O/c1-15(2,3)17-14(19)7-8-18-12-5-6-13(18)10-11(9-12)16-4/h11-13,16H,5-10H2,1-4H3,(H,17,19). The van der Waals surface area contributed by atoms with E-state index in [4.69, 9.17) is 0 Å². The molecule has 2 fully saturated rings. The summed E-state index contributed by atoms with van der Waals surface area (Å²) < 4.78 is 0. The van der Waals surface area contributed by atoms with E-state index in [2.05, 4.69) is 22.6 Å². The highest BCUT2D eigenvalue weighted by Gasteiger charge is 2.39. The van der Waals surface area contributed by atoms with Gasteiger partial charge in [0.2, 0.25) is 5.91 Å². The molecule has 0 aliphatic carbocycles. The Kier molecular flexibility index (Phi) is 4.51. The molecule has 4 nitrogen and oxygen atoms in total. The predicted molar refractivity (Wildman–Crippen MR) is 78.1 cm³/mol. The number of carbonyl (C=O) groups excluding carboxylic acids is 1. The van der Waals surface area contributed by atoms with E-state index in [1.54, 1.807) is 0 Å². The second-order valence-corrected chi connectivity index (χ2v) is 7.13. The Hall–Kier alpha value is -0.610. The van der Waals surface area contributed by atoms with Gasteiger partial charge < -0.3 is 10.6 Å². The Balaban J connectivity index is 1.80. The lowest BCUT2D eigenvalue weighted by Crippen LogP contribution is -2.49. The van der Waals surface area contributed by atoms with E-state index in [0.29, 0.717) is 24.5 Å². The molecule has 0 aromatic rings. The van der Waals surface area contributed by atoms with E-state index in [0.717, 1.165) is 6.54 Å². The molecule has 110 valence electrons. The molecule has 2 rings (SSSR count). The molecule has 2 bridgehead atoms. The molecule has 19 heavy (non-hydrogen) atoms. The maximum Gasteiger partial charge on any atom is 0.221 e. The summed E-state index contributed by atoms with van der Waals surface area (Å²) in [5.74, 6) is 0.183. The Labute approximate surface area is 117 Å². The first-order valence-corrected chi connectivity index (χ1v) is 7.63. The third-order valence-electron chi connectivity index (χ3n) is 4.40. The van der Waals surface area contributed by atoms with Gasteiger partial charge >= 0.3 is 0 Å². The topological polar surface area (TPSA) is 44.4 Å². The van der Waals surface area contributed by atoms with Crippen molar-refractivity contribution in [3.05, 3.63) is 0 Å². The van der Waals surface area contributed by atoms with Gasteiger partial charge in [0.1, 0.15) is 0 Å². The van der Waals surface area contributed by atoms with Crippen LogP contribution in [-0.4, -0.2) is 48.1 Å². The summed E-state index contributed by atoms with van der Waals surface area (Å²) in [5.41, 5.74) is -0.116. The summed E-state index contributed by atoms with van der Waals surface area (Å²) >= 11 is 0. The molecule has 0 aromatic carbocycles. The van der Waals surface area contributed by atoms with Gasteiger partial charge in [-0.15, -0.1) is 0 Å². The summed E-state index contributed by atoms with van der Waals surface area (Å²) in [6.07, 6.45) is 5.74. The molecule has 1 amide bonds. The van der Waals surface area contributed by atoms with E-state index in [1.165, 1.54) is 25.7 Å². The Bertz CT molecular complexity index is 310. The van der Waals surface area contributed by atoms with Gasteiger partial charge in [0.15, 0.2) is 0 Å². The summed E-state index contributed by atoms with van der Waals surface area (Å²) in [7, 11) is 2.07. The number of piperidine rings is 1. The van der Waals surface area contributed by atoms with Crippen molar-refractivity contribution < 1.29 is 4.79 Å². The molecular formula is C15H29N3O. The molecule has 2 heterocycles. The minimum absolute atomic E-state index is 0.116. The SMILES string of the molecule is CNC1CC2CCC(C1)N2CCC(=O)NC(C)(C)C. The minimum atomic E-state index is -0.116. The Morgan fingerprint density at radius 2 is 1.79 bits per heavy atom. The van der Waals surface area contributed by atoms with Crippen molar-refractivity contribution >= 4 is 5.91 Å². The van der Waals surface area contributed by atoms with Gasteiger partial charge in [0, 0.05) is 36.6 Å². The third kappa shape index (κ3) is 3.93. The third-order valence-corrected chi connectivity index (χ3v) is 4.40. The number of nitrogens with zero attached hydrogens (tertiary/aromatic N) is 1. The van der Waals surface area contributed by atoms with E-state index in [1.807, 2.05) is 20.8 Å². The van der Waals surface area contributed by atoms with Crippen LogP contribution in [0.2, 0.25) is 0 Å². The smallest absolute Gasteiger partial charge is 0.221 e. The summed E-state index contributed by atoms with van der Waals surface area (Å²) in [4.78, 5) is 14.5. The van der Waals surface area contributed by atoms with Gasteiger partial charge in [-0.05, 0) is 53.5 Å². The number of nitrogens with one attached hydrogen (secondary N) is 2. The highest BCUT2D eigenvalue weighted by molar-refractivity contribution is 5.76. The average Bonchev–Trinajstić information content (AvgIpc) is 2.54. The van der Waals surface area contributed by atoms with E-state index < -0.39 is 0 Å². The first-order valence-electron chi connectivity index (χ1n) is 7.63. The fraction of sp³-hybridized carbons (Fsp3) is 0.933.